The van der Waals surface area contributed by atoms with E-state index in [1.165, 1.54) is 5.56 Å². The number of benzene rings is 1. The molecular weight excluding hydrogens is 266 g/mol. The molecule has 1 aromatic heterocycles. The zero-order valence-corrected chi connectivity index (χ0v) is 12.1. The zero-order valence-electron chi connectivity index (χ0n) is 12.1. The number of aromatic nitrogens is 2. The van der Waals surface area contributed by atoms with E-state index in [-0.39, 0.29) is 5.91 Å². The summed E-state index contributed by atoms with van der Waals surface area (Å²) in [6.45, 7) is 3.26. The van der Waals surface area contributed by atoms with Crippen molar-refractivity contribution in [3.8, 4) is 5.75 Å². The van der Waals surface area contributed by atoms with Gasteiger partial charge in [-0.1, -0.05) is 25.1 Å². The summed E-state index contributed by atoms with van der Waals surface area (Å²) in [4.78, 5) is 12.0. The van der Waals surface area contributed by atoms with Crippen LogP contribution in [0.4, 0.5) is 0 Å². The van der Waals surface area contributed by atoms with Crippen molar-refractivity contribution in [1.29, 1.82) is 0 Å². The molecule has 110 valence electrons. The third-order valence-electron chi connectivity index (χ3n) is 3.75. The number of nitrogens with zero attached hydrogens (tertiary/aromatic N) is 1. The maximum atomic E-state index is 12.0. The summed E-state index contributed by atoms with van der Waals surface area (Å²) in [5.74, 6) is 1.12. The fourth-order valence-corrected chi connectivity index (χ4v) is 2.51. The summed E-state index contributed by atoms with van der Waals surface area (Å²) >= 11 is 0. The number of carbonyl (C=O) groups excluding carboxylic acids is 1. The summed E-state index contributed by atoms with van der Waals surface area (Å²) in [6, 6.07) is 9.84. The van der Waals surface area contributed by atoms with Crippen molar-refractivity contribution >= 4 is 5.91 Å². The highest BCUT2D eigenvalue weighted by atomic mass is 16.5. The Labute approximate surface area is 123 Å². The van der Waals surface area contributed by atoms with Crippen molar-refractivity contribution < 1.29 is 9.53 Å². The number of hydrogen-bond acceptors (Lipinski definition) is 3. The van der Waals surface area contributed by atoms with Crippen molar-refractivity contribution in [1.82, 2.24) is 15.5 Å². The van der Waals surface area contributed by atoms with Gasteiger partial charge in [-0.3, -0.25) is 9.89 Å². The first kappa shape index (κ1) is 13.7. The van der Waals surface area contributed by atoms with E-state index in [4.69, 9.17) is 4.74 Å². The fraction of sp³-hybridized carbons (Fsp3) is 0.375. The molecule has 3 rings (SSSR count). The van der Waals surface area contributed by atoms with E-state index < -0.39 is 0 Å². The molecule has 2 aromatic rings. The number of hydrogen-bond donors (Lipinski definition) is 2. The molecule has 1 aliphatic rings. The first-order valence-electron chi connectivity index (χ1n) is 7.29. The number of para-hydroxylation sites is 1. The Bertz CT molecular complexity index is 636. The lowest BCUT2D eigenvalue weighted by molar-refractivity contribution is 0.0934. The van der Waals surface area contributed by atoms with E-state index in [2.05, 4.69) is 21.6 Å². The molecule has 5 heteroatoms. The second-order valence-electron chi connectivity index (χ2n) is 5.33. The normalized spacial score (nSPS) is 16.9. The third-order valence-corrected chi connectivity index (χ3v) is 3.75. The van der Waals surface area contributed by atoms with Crippen LogP contribution in [0.2, 0.25) is 0 Å². The number of nitrogens with one attached hydrogen (secondary N) is 2. The van der Waals surface area contributed by atoms with Gasteiger partial charge < -0.3 is 10.1 Å². The Morgan fingerprint density at radius 3 is 3.14 bits per heavy atom. The average Bonchev–Trinajstić information content (AvgIpc) is 3.01. The van der Waals surface area contributed by atoms with Crippen LogP contribution >= 0.6 is 0 Å². The molecule has 0 bridgehead atoms. The molecule has 0 radical (unpaired) electrons. The minimum atomic E-state index is -0.134. The molecule has 0 fully saturated rings. The minimum absolute atomic E-state index is 0.134. The van der Waals surface area contributed by atoms with Crippen LogP contribution in [0.3, 0.4) is 0 Å². The highest BCUT2D eigenvalue weighted by Gasteiger charge is 2.20. The Balaban J connectivity index is 1.55. The quantitative estimate of drug-likeness (QED) is 0.902. The number of rotatable bonds is 4. The summed E-state index contributed by atoms with van der Waals surface area (Å²) in [5.41, 5.74) is 2.62. The molecule has 1 unspecified atom stereocenters. The number of H-pyrrole nitrogens is 1. The van der Waals surface area contributed by atoms with Crippen LogP contribution in [0.15, 0.2) is 30.3 Å². The van der Waals surface area contributed by atoms with E-state index in [1.807, 2.05) is 25.1 Å². The fourth-order valence-electron chi connectivity index (χ4n) is 2.51. The van der Waals surface area contributed by atoms with Crippen molar-refractivity contribution in [3.05, 3.63) is 47.3 Å². The van der Waals surface area contributed by atoms with Crippen molar-refractivity contribution in [3.63, 3.8) is 0 Å². The standard InChI is InChI=1S/C16H19N3O2/c1-2-13-8-14(19-18-13)16(20)17-9-11-7-12-5-3-4-6-15(12)21-10-11/h3-6,8,11H,2,7,9-10H2,1H3,(H,17,20)(H,18,19). The van der Waals surface area contributed by atoms with Gasteiger partial charge in [0.2, 0.25) is 0 Å². The molecule has 1 aliphatic heterocycles. The van der Waals surface area contributed by atoms with Crippen molar-refractivity contribution in [2.75, 3.05) is 13.2 Å². The molecule has 0 saturated carbocycles. The van der Waals surface area contributed by atoms with Gasteiger partial charge in [-0.15, -0.1) is 0 Å². The van der Waals surface area contributed by atoms with Crippen molar-refractivity contribution in [2.45, 2.75) is 19.8 Å². The second kappa shape index (κ2) is 5.99. The van der Waals surface area contributed by atoms with Crippen molar-refractivity contribution in [2.24, 2.45) is 5.92 Å². The van der Waals surface area contributed by atoms with E-state index >= 15 is 0 Å². The Morgan fingerprint density at radius 2 is 2.33 bits per heavy atom. The molecular formula is C16H19N3O2. The number of carbonyl (C=O) groups is 1. The SMILES string of the molecule is CCc1cc(C(=O)NCC2COc3ccccc3C2)n[nH]1. The van der Waals surface area contributed by atoms with Gasteiger partial charge >= 0.3 is 0 Å². The molecule has 0 spiro atoms. The summed E-state index contributed by atoms with van der Waals surface area (Å²) in [6.07, 6.45) is 1.77. The highest BCUT2D eigenvalue weighted by Crippen LogP contribution is 2.26. The van der Waals surface area contributed by atoms with Crippen LogP contribution in [0.25, 0.3) is 0 Å². The Hall–Kier alpha value is -2.30. The van der Waals surface area contributed by atoms with Crippen LogP contribution in [0.5, 0.6) is 5.75 Å². The smallest absolute Gasteiger partial charge is 0.271 e. The van der Waals surface area contributed by atoms with Gasteiger partial charge in [0.1, 0.15) is 11.4 Å². The number of aromatic amines is 1. The van der Waals surface area contributed by atoms with Crippen LogP contribution in [0.1, 0.15) is 28.7 Å². The Morgan fingerprint density at radius 1 is 1.48 bits per heavy atom. The first-order chi connectivity index (χ1) is 10.3. The molecule has 2 heterocycles. The number of amides is 1. The number of ether oxygens (including phenoxy) is 1. The lowest BCUT2D eigenvalue weighted by atomic mass is 9.97. The predicted molar refractivity (Wildman–Crippen MR) is 79.4 cm³/mol. The maximum Gasteiger partial charge on any atom is 0.271 e. The van der Waals surface area contributed by atoms with Crippen LogP contribution in [-0.2, 0) is 12.8 Å². The summed E-state index contributed by atoms with van der Waals surface area (Å²) in [7, 11) is 0. The van der Waals surface area contributed by atoms with Gasteiger partial charge in [-0.25, -0.2) is 0 Å². The molecule has 21 heavy (non-hydrogen) atoms. The average molecular weight is 285 g/mol. The van der Waals surface area contributed by atoms with Crippen LogP contribution in [-0.4, -0.2) is 29.3 Å². The largest absolute Gasteiger partial charge is 0.493 e. The van der Waals surface area contributed by atoms with Gasteiger partial charge in [0.05, 0.1) is 6.61 Å². The molecule has 1 atom stereocenters. The van der Waals surface area contributed by atoms with Gasteiger partial charge in [-0.05, 0) is 30.5 Å². The van der Waals surface area contributed by atoms with Crippen LogP contribution in [0, 0.1) is 5.92 Å². The third kappa shape index (κ3) is 3.07. The summed E-state index contributed by atoms with van der Waals surface area (Å²) < 4.78 is 5.72. The molecule has 2 N–H and O–H groups in total. The van der Waals surface area contributed by atoms with E-state index in [0.29, 0.717) is 24.8 Å². The second-order valence-corrected chi connectivity index (χ2v) is 5.33. The topological polar surface area (TPSA) is 67.0 Å². The van der Waals surface area contributed by atoms with E-state index in [0.717, 1.165) is 24.3 Å². The van der Waals surface area contributed by atoms with E-state index in [1.54, 1.807) is 6.07 Å². The minimum Gasteiger partial charge on any atom is -0.493 e. The zero-order chi connectivity index (χ0) is 14.7. The lowest BCUT2D eigenvalue weighted by Crippen LogP contribution is -2.34. The first-order valence-corrected chi connectivity index (χ1v) is 7.29. The highest BCUT2D eigenvalue weighted by molar-refractivity contribution is 5.92. The number of fused-ring (bicyclic) bond motifs is 1. The summed E-state index contributed by atoms with van der Waals surface area (Å²) in [5, 5.41) is 9.81. The Kier molecular flexibility index (Phi) is 3.90. The lowest BCUT2D eigenvalue weighted by Gasteiger charge is -2.25. The van der Waals surface area contributed by atoms with Gasteiger partial charge in [-0.2, -0.15) is 5.10 Å². The van der Waals surface area contributed by atoms with E-state index in [9.17, 15) is 4.79 Å². The predicted octanol–water partition coefficient (Wildman–Crippen LogP) is 1.95. The maximum absolute atomic E-state index is 12.0. The number of aryl methyl sites for hydroxylation is 1. The molecule has 0 saturated heterocycles. The molecule has 1 aromatic carbocycles. The van der Waals surface area contributed by atoms with Gasteiger partial charge in [0.15, 0.2) is 0 Å². The van der Waals surface area contributed by atoms with Gasteiger partial charge in [0, 0.05) is 18.2 Å². The molecule has 0 aliphatic carbocycles. The molecule has 1 amide bonds. The monoisotopic (exact) mass is 285 g/mol. The van der Waals surface area contributed by atoms with Gasteiger partial charge in [0.25, 0.3) is 5.91 Å². The van der Waals surface area contributed by atoms with Crippen LogP contribution < -0.4 is 10.1 Å². The molecule has 5 nitrogen and oxygen atoms in total.